The summed E-state index contributed by atoms with van der Waals surface area (Å²) in [5, 5.41) is 3.22. The predicted molar refractivity (Wildman–Crippen MR) is 78.3 cm³/mol. The molecule has 2 rings (SSSR count). The minimum atomic E-state index is 0.785. The summed E-state index contributed by atoms with van der Waals surface area (Å²) in [6, 6.07) is 4.21. The molecule has 2 heterocycles. The minimum absolute atomic E-state index is 0.785. The molecule has 0 atom stereocenters. The Balaban J connectivity index is 1.78. The van der Waals surface area contributed by atoms with Gasteiger partial charge in [0, 0.05) is 39.0 Å². The van der Waals surface area contributed by atoms with E-state index in [-0.39, 0.29) is 0 Å². The smallest absolute Gasteiger partial charge is 0.125 e. The van der Waals surface area contributed by atoms with E-state index in [2.05, 4.69) is 41.3 Å². The number of ether oxygens (including phenoxy) is 1. The number of pyridine rings is 1. The van der Waals surface area contributed by atoms with Crippen molar-refractivity contribution in [1.82, 2.24) is 9.88 Å². The average Bonchev–Trinajstić information content (AvgIpc) is 2.42. The Kier molecular flexibility index (Phi) is 5.61. The second-order valence-corrected chi connectivity index (χ2v) is 5.33. The number of rotatable bonds is 6. The van der Waals surface area contributed by atoms with Crippen LogP contribution in [0.3, 0.4) is 0 Å². The fourth-order valence-electron chi connectivity index (χ4n) is 2.55. The molecule has 0 aliphatic carbocycles. The molecule has 1 aromatic heterocycles. The number of aromatic nitrogens is 1. The third-order valence-electron chi connectivity index (χ3n) is 3.55. The molecule has 106 valence electrons. The molecule has 1 fully saturated rings. The van der Waals surface area contributed by atoms with Crippen LogP contribution in [-0.2, 0) is 11.3 Å². The molecular formula is C15H25N3O. The molecule has 0 radical (unpaired) electrons. The zero-order valence-electron chi connectivity index (χ0n) is 12.1. The van der Waals surface area contributed by atoms with Gasteiger partial charge in [0.1, 0.15) is 5.82 Å². The Bertz CT molecular complexity index is 360. The lowest BCUT2D eigenvalue weighted by Crippen LogP contribution is -2.29. The second-order valence-electron chi connectivity index (χ2n) is 5.33. The number of anilines is 1. The predicted octanol–water partition coefficient (Wildman–Crippen LogP) is 2.37. The highest BCUT2D eigenvalue weighted by Gasteiger charge is 2.15. The molecule has 1 saturated heterocycles. The van der Waals surface area contributed by atoms with Crippen LogP contribution < -0.4 is 5.32 Å². The molecule has 19 heavy (non-hydrogen) atoms. The fourth-order valence-corrected chi connectivity index (χ4v) is 2.55. The highest BCUT2D eigenvalue weighted by molar-refractivity contribution is 5.35. The van der Waals surface area contributed by atoms with Crippen molar-refractivity contribution >= 4 is 5.82 Å². The van der Waals surface area contributed by atoms with Crippen molar-refractivity contribution in [2.75, 3.05) is 38.7 Å². The Hall–Kier alpha value is -1.13. The number of hydrogen-bond donors (Lipinski definition) is 1. The van der Waals surface area contributed by atoms with Gasteiger partial charge < -0.3 is 15.0 Å². The van der Waals surface area contributed by atoms with Crippen molar-refractivity contribution in [3.8, 4) is 0 Å². The Morgan fingerprint density at radius 3 is 2.79 bits per heavy atom. The Labute approximate surface area is 116 Å². The summed E-state index contributed by atoms with van der Waals surface area (Å²) in [5.41, 5.74) is 1.27. The monoisotopic (exact) mass is 263 g/mol. The first kappa shape index (κ1) is 14.3. The van der Waals surface area contributed by atoms with Crippen molar-refractivity contribution in [2.45, 2.75) is 26.3 Å². The first-order valence-corrected chi connectivity index (χ1v) is 7.23. The van der Waals surface area contributed by atoms with Gasteiger partial charge in [-0.1, -0.05) is 6.07 Å². The van der Waals surface area contributed by atoms with Gasteiger partial charge in [-0.3, -0.25) is 0 Å². The van der Waals surface area contributed by atoms with Crippen LogP contribution in [0.5, 0.6) is 0 Å². The van der Waals surface area contributed by atoms with Crippen molar-refractivity contribution < 1.29 is 4.74 Å². The lowest BCUT2D eigenvalue weighted by atomic mass is 10.00. The van der Waals surface area contributed by atoms with Gasteiger partial charge in [0.2, 0.25) is 0 Å². The summed E-state index contributed by atoms with van der Waals surface area (Å²) in [4.78, 5) is 6.80. The van der Waals surface area contributed by atoms with E-state index in [1.165, 1.54) is 18.4 Å². The fraction of sp³-hybridized carbons (Fsp3) is 0.667. The summed E-state index contributed by atoms with van der Waals surface area (Å²) in [6.45, 7) is 6.97. The average molecular weight is 263 g/mol. The molecule has 1 aromatic rings. The van der Waals surface area contributed by atoms with E-state index in [9.17, 15) is 0 Å². The number of nitrogens with one attached hydrogen (secondary N) is 1. The molecule has 0 unspecified atom stereocenters. The van der Waals surface area contributed by atoms with Crippen LogP contribution in [0, 0.1) is 5.92 Å². The highest BCUT2D eigenvalue weighted by atomic mass is 16.5. The second kappa shape index (κ2) is 7.46. The van der Waals surface area contributed by atoms with E-state index in [4.69, 9.17) is 4.74 Å². The highest BCUT2D eigenvalue weighted by Crippen LogP contribution is 2.16. The molecule has 0 amide bonds. The summed E-state index contributed by atoms with van der Waals surface area (Å²) in [6.07, 6.45) is 4.36. The van der Waals surface area contributed by atoms with Crippen LogP contribution in [0.4, 0.5) is 5.82 Å². The van der Waals surface area contributed by atoms with Crippen molar-refractivity contribution in [1.29, 1.82) is 0 Å². The minimum Gasteiger partial charge on any atom is -0.381 e. The summed E-state index contributed by atoms with van der Waals surface area (Å²) in [5.74, 6) is 1.74. The number of nitrogens with zero attached hydrogens (tertiary/aromatic N) is 2. The molecule has 1 aliphatic rings. The molecule has 0 bridgehead atoms. The van der Waals surface area contributed by atoms with Crippen molar-refractivity contribution in [2.24, 2.45) is 5.92 Å². The maximum Gasteiger partial charge on any atom is 0.125 e. The molecule has 4 heteroatoms. The van der Waals surface area contributed by atoms with E-state index >= 15 is 0 Å². The maximum absolute atomic E-state index is 5.40. The van der Waals surface area contributed by atoms with Crippen LogP contribution in [-0.4, -0.2) is 43.2 Å². The van der Waals surface area contributed by atoms with Gasteiger partial charge in [0.15, 0.2) is 0 Å². The van der Waals surface area contributed by atoms with Crippen LogP contribution in [0.1, 0.15) is 25.3 Å². The zero-order chi connectivity index (χ0) is 13.5. The van der Waals surface area contributed by atoms with E-state index in [1.54, 1.807) is 0 Å². The van der Waals surface area contributed by atoms with Crippen LogP contribution in [0.25, 0.3) is 0 Å². The van der Waals surface area contributed by atoms with Gasteiger partial charge in [0.25, 0.3) is 0 Å². The zero-order valence-corrected chi connectivity index (χ0v) is 12.1. The Morgan fingerprint density at radius 1 is 1.37 bits per heavy atom. The number of hydrogen-bond acceptors (Lipinski definition) is 4. The van der Waals surface area contributed by atoms with Crippen molar-refractivity contribution in [3.63, 3.8) is 0 Å². The van der Waals surface area contributed by atoms with Crippen molar-refractivity contribution in [3.05, 3.63) is 23.9 Å². The van der Waals surface area contributed by atoms with E-state index in [1.807, 2.05) is 6.20 Å². The van der Waals surface area contributed by atoms with Gasteiger partial charge >= 0.3 is 0 Å². The molecule has 0 spiro atoms. The van der Waals surface area contributed by atoms with Gasteiger partial charge in [-0.2, -0.15) is 0 Å². The third kappa shape index (κ3) is 4.80. The van der Waals surface area contributed by atoms with Crippen LogP contribution in [0.15, 0.2) is 18.3 Å². The first-order valence-electron chi connectivity index (χ1n) is 7.23. The van der Waals surface area contributed by atoms with Crippen LogP contribution in [0.2, 0.25) is 0 Å². The summed E-state index contributed by atoms with van der Waals surface area (Å²) < 4.78 is 5.40. The maximum atomic E-state index is 5.40. The van der Waals surface area contributed by atoms with E-state index in [0.29, 0.717) is 0 Å². The largest absolute Gasteiger partial charge is 0.381 e. The molecular weight excluding hydrogens is 238 g/mol. The third-order valence-corrected chi connectivity index (χ3v) is 3.55. The van der Waals surface area contributed by atoms with Gasteiger partial charge in [0.05, 0.1) is 0 Å². The van der Waals surface area contributed by atoms with E-state index in [0.717, 1.165) is 44.6 Å². The van der Waals surface area contributed by atoms with Gasteiger partial charge in [-0.05, 0) is 44.4 Å². The molecule has 4 nitrogen and oxygen atoms in total. The molecule has 1 aliphatic heterocycles. The molecule has 0 saturated carbocycles. The van der Waals surface area contributed by atoms with Gasteiger partial charge in [-0.15, -0.1) is 0 Å². The lowest BCUT2D eigenvalue weighted by Gasteiger charge is -2.27. The van der Waals surface area contributed by atoms with E-state index < -0.39 is 0 Å². The quantitative estimate of drug-likeness (QED) is 0.855. The Morgan fingerprint density at radius 2 is 2.16 bits per heavy atom. The SMILES string of the molecule is CCNc1ccc(CN(C)CC2CCOCC2)cn1. The lowest BCUT2D eigenvalue weighted by molar-refractivity contribution is 0.0549. The topological polar surface area (TPSA) is 37.4 Å². The molecule has 0 aromatic carbocycles. The first-order chi connectivity index (χ1) is 9.28. The normalized spacial score (nSPS) is 16.8. The molecule has 1 N–H and O–H groups in total. The standard InChI is InChI=1S/C15H25N3O/c1-3-16-15-5-4-14(10-17-15)12-18(2)11-13-6-8-19-9-7-13/h4-5,10,13H,3,6-9,11-12H2,1-2H3,(H,16,17). The summed E-state index contributed by atoms with van der Waals surface area (Å²) in [7, 11) is 2.19. The van der Waals surface area contributed by atoms with Crippen LogP contribution >= 0.6 is 0 Å². The van der Waals surface area contributed by atoms with Gasteiger partial charge in [-0.25, -0.2) is 4.98 Å². The summed E-state index contributed by atoms with van der Waals surface area (Å²) >= 11 is 0.